The van der Waals surface area contributed by atoms with E-state index in [4.69, 9.17) is 4.74 Å². The number of para-hydroxylation sites is 2. The molecule has 2 amide bonds. The van der Waals surface area contributed by atoms with Crippen LogP contribution in [0, 0.1) is 0 Å². The van der Waals surface area contributed by atoms with Gasteiger partial charge >= 0.3 is 0 Å². The van der Waals surface area contributed by atoms with Gasteiger partial charge in [0.25, 0.3) is 0 Å². The maximum Gasteiger partial charge on any atom is 0.241 e. The molecule has 148 valence electrons. The van der Waals surface area contributed by atoms with Crippen LogP contribution in [0.25, 0.3) is 0 Å². The number of piperazine rings is 1. The standard InChI is InChI=1S/C20H30N4O3/c1-14(19(25)21-16-8-9-16)23-10-12-24(13-11-23)15(2)20(26)22-17-6-4-5-7-18(17)27-3/h4-7,14-16H,8-13H2,1-3H3,(H,21,25)(H,22,26). The Morgan fingerprint density at radius 1 is 1.00 bits per heavy atom. The first-order valence-corrected chi connectivity index (χ1v) is 9.72. The van der Waals surface area contributed by atoms with E-state index >= 15 is 0 Å². The van der Waals surface area contributed by atoms with Crippen LogP contribution in [0.2, 0.25) is 0 Å². The Bertz CT molecular complexity index is 669. The van der Waals surface area contributed by atoms with Crippen LogP contribution in [0.3, 0.4) is 0 Å². The van der Waals surface area contributed by atoms with E-state index in [2.05, 4.69) is 20.4 Å². The molecule has 1 aromatic rings. The van der Waals surface area contributed by atoms with E-state index in [0.717, 1.165) is 39.0 Å². The Labute approximate surface area is 161 Å². The zero-order valence-corrected chi connectivity index (χ0v) is 16.4. The monoisotopic (exact) mass is 374 g/mol. The predicted molar refractivity (Wildman–Crippen MR) is 105 cm³/mol. The molecule has 0 bridgehead atoms. The van der Waals surface area contributed by atoms with Crippen LogP contribution in [-0.4, -0.2) is 73.0 Å². The molecule has 1 saturated carbocycles. The molecular formula is C20H30N4O3. The Balaban J connectivity index is 1.49. The Hall–Kier alpha value is -2.12. The number of carbonyl (C=O) groups excluding carboxylic acids is 2. The molecule has 1 aliphatic heterocycles. The van der Waals surface area contributed by atoms with Crippen LogP contribution >= 0.6 is 0 Å². The predicted octanol–water partition coefficient (Wildman–Crippen LogP) is 1.31. The van der Waals surface area contributed by atoms with Crippen LogP contribution < -0.4 is 15.4 Å². The molecule has 3 rings (SSSR count). The number of rotatable bonds is 7. The van der Waals surface area contributed by atoms with Gasteiger partial charge in [-0.2, -0.15) is 0 Å². The number of nitrogens with one attached hydrogen (secondary N) is 2. The first-order chi connectivity index (χ1) is 13.0. The summed E-state index contributed by atoms with van der Waals surface area (Å²) >= 11 is 0. The summed E-state index contributed by atoms with van der Waals surface area (Å²) in [6, 6.07) is 7.43. The lowest BCUT2D eigenvalue weighted by Gasteiger charge is -2.39. The lowest BCUT2D eigenvalue weighted by atomic mass is 10.1. The van der Waals surface area contributed by atoms with Crippen molar-refractivity contribution >= 4 is 17.5 Å². The third-order valence-electron chi connectivity index (χ3n) is 5.49. The lowest BCUT2D eigenvalue weighted by Crippen LogP contribution is -2.57. The summed E-state index contributed by atoms with van der Waals surface area (Å²) in [5.41, 5.74) is 0.681. The zero-order valence-electron chi connectivity index (χ0n) is 16.4. The van der Waals surface area contributed by atoms with E-state index in [1.165, 1.54) is 0 Å². The second kappa shape index (κ2) is 8.71. The molecule has 2 unspecified atom stereocenters. The first kappa shape index (κ1) is 19.6. The van der Waals surface area contributed by atoms with Crippen LogP contribution in [0.5, 0.6) is 5.75 Å². The van der Waals surface area contributed by atoms with Gasteiger partial charge in [-0.15, -0.1) is 0 Å². The normalized spacial score (nSPS) is 20.6. The van der Waals surface area contributed by atoms with Gasteiger partial charge in [0, 0.05) is 32.2 Å². The Kier molecular flexibility index (Phi) is 6.34. The van der Waals surface area contributed by atoms with Gasteiger partial charge in [-0.25, -0.2) is 0 Å². The maximum absolute atomic E-state index is 12.6. The number of amides is 2. The van der Waals surface area contributed by atoms with Gasteiger partial charge in [0.2, 0.25) is 11.8 Å². The highest BCUT2D eigenvalue weighted by atomic mass is 16.5. The average molecular weight is 374 g/mol. The first-order valence-electron chi connectivity index (χ1n) is 9.72. The van der Waals surface area contributed by atoms with Crippen molar-refractivity contribution in [2.24, 2.45) is 0 Å². The summed E-state index contributed by atoms with van der Waals surface area (Å²) in [6.07, 6.45) is 2.20. The van der Waals surface area contributed by atoms with Crippen molar-refractivity contribution in [3.05, 3.63) is 24.3 Å². The van der Waals surface area contributed by atoms with E-state index in [-0.39, 0.29) is 23.9 Å². The SMILES string of the molecule is COc1ccccc1NC(=O)C(C)N1CCN(C(C)C(=O)NC2CC2)CC1. The van der Waals surface area contributed by atoms with Crippen molar-refractivity contribution in [2.45, 2.75) is 44.8 Å². The van der Waals surface area contributed by atoms with Gasteiger partial charge in [-0.05, 0) is 38.8 Å². The van der Waals surface area contributed by atoms with E-state index < -0.39 is 0 Å². The van der Waals surface area contributed by atoms with Gasteiger partial charge in [0.1, 0.15) is 5.75 Å². The van der Waals surface area contributed by atoms with E-state index in [0.29, 0.717) is 17.5 Å². The van der Waals surface area contributed by atoms with Crippen molar-refractivity contribution in [1.82, 2.24) is 15.1 Å². The molecule has 0 radical (unpaired) electrons. The number of carbonyl (C=O) groups is 2. The number of methoxy groups -OCH3 is 1. The van der Waals surface area contributed by atoms with E-state index in [1.807, 2.05) is 38.1 Å². The van der Waals surface area contributed by atoms with Crippen molar-refractivity contribution < 1.29 is 14.3 Å². The topological polar surface area (TPSA) is 73.9 Å². The summed E-state index contributed by atoms with van der Waals surface area (Å²) in [4.78, 5) is 29.2. The minimum atomic E-state index is -0.243. The van der Waals surface area contributed by atoms with Gasteiger partial charge in [0.15, 0.2) is 0 Å². The fourth-order valence-corrected chi connectivity index (χ4v) is 3.38. The number of hydrogen-bond donors (Lipinski definition) is 2. The van der Waals surface area contributed by atoms with Crippen LogP contribution in [0.1, 0.15) is 26.7 Å². The number of hydrogen-bond acceptors (Lipinski definition) is 5. The van der Waals surface area contributed by atoms with E-state index in [1.54, 1.807) is 7.11 Å². The van der Waals surface area contributed by atoms with Crippen LogP contribution in [-0.2, 0) is 9.59 Å². The van der Waals surface area contributed by atoms with Gasteiger partial charge in [0.05, 0.1) is 24.9 Å². The highest BCUT2D eigenvalue weighted by molar-refractivity contribution is 5.95. The van der Waals surface area contributed by atoms with Crippen LogP contribution in [0.15, 0.2) is 24.3 Å². The van der Waals surface area contributed by atoms with Crippen molar-refractivity contribution in [2.75, 3.05) is 38.6 Å². The van der Waals surface area contributed by atoms with Gasteiger partial charge < -0.3 is 15.4 Å². The second-order valence-corrected chi connectivity index (χ2v) is 7.40. The molecule has 1 aliphatic carbocycles. The highest BCUT2D eigenvalue weighted by Gasteiger charge is 2.32. The zero-order chi connectivity index (χ0) is 19.4. The molecule has 0 spiro atoms. The molecule has 1 saturated heterocycles. The van der Waals surface area contributed by atoms with Gasteiger partial charge in [-0.1, -0.05) is 12.1 Å². The molecule has 2 aliphatic rings. The van der Waals surface area contributed by atoms with E-state index in [9.17, 15) is 9.59 Å². The fourth-order valence-electron chi connectivity index (χ4n) is 3.38. The molecule has 27 heavy (non-hydrogen) atoms. The fraction of sp³-hybridized carbons (Fsp3) is 0.600. The summed E-state index contributed by atoms with van der Waals surface area (Å²) < 4.78 is 5.29. The molecular weight excluding hydrogens is 344 g/mol. The lowest BCUT2D eigenvalue weighted by molar-refractivity contribution is -0.128. The molecule has 7 nitrogen and oxygen atoms in total. The molecule has 1 heterocycles. The summed E-state index contributed by atoms with van der Waals surface area (Å²) in [5, 5.41) is 6.03. The van der Waals surface area contributed by atoms with Crippen molar-refractivity contribution in [3.63, 3.8) is 0 Å². The number of anilines is 1. The highest BCUT2D eigenvalue weighted by Crippen LogP contribution is 2.24. The Morgan fingerprint density at radius 2 is 1.56 bits per heavy atom. The number of ether oxygens (including phenoxy) is 1. The maximum atomic E-state index is 12.6. The van der Waals surface area contributed by atoms with Gasteiger partial charge in [-0.3, -0.25) is 19.4 Å². The minimum Gasteiger partial charge on any atom is -0.495 e. The summed E-state index contributed by atoms with van der Waals surface area (Å²) in [5.74, 6) is 0.721. The number of benzene rings is 1. The van der Waals surface area contributed by atoms with Crippen molar-refractivity contribution in [1.29, 1.82) is 0 Å². The summed E-state index contributed by atoms with van der Waals surface area (Å²) in [6.45, 7) is 6.98. The second-order valence-electron chi connectivity index (χ2n) is 7.40. The third-order valence-corrected chi connectivity index (χ3v) is 5.49. The average Bonchev–Trinajstić information content (AvgIpc) is 3.51. The minimum absolute atomic E-state index is 0.0486. The number of nitrogens with zero attached hydrogens (tertiary/aromatic N) is 2. The molecule has 7 heteroatoms. The molecule has 1 aromatic carbocycles. The molecule has 2 N–H and O–H groups in total. The molecule has 2 atom stereocenters. The summed E-state index contributed by atoms with van der Waals surface area (Å²) in [7, 11) is 1.59. The molecule has 2 fully saturated rings. The third kappa shape index (κ3) is 4.99. The Morgan fingerprint density at radius 3 is 2.11 bits per heavy atom. The smallest absolute Gasteiger partial charge is 0.241 e. The quantitative estimate of drug-likeness (QED) is 0.753. The van der Waals surface area contributed by atoms with Crippen molar-refractivity contribution in [3.8, 4) is 5.75 Å². The molecule has 0 aromatic heterocycles. The van der Waals surface area contributed by atoms with Crippen LogP contribution in [0.4, 0.5) is 5.69 Å². The largest absolute Gasteiger partial charge is 0.495 e.